The molecule has 2 aromatic rings. The Morgan fingerprint density at radius 1 is 0.815 bits per heavy atom. The molecular weight excluding hydrogens is 692 g/mol. The summed E-state index contributed by atoms with van der Waals surface area (Å²) >= 11 is 0. The number of anilines is 4. The number of nitrogens with zero attached hydrogens (tertiary/aromatic N) is 8. The van der Waals surface area contributed by atoms with Crippen LogP contribution >= 0.6 is 0 Å². The van der Waals surface area contributed by atoms with E-state index < -0.39 is 11.9 Å². The maximum atomic E-state index is 15.5. The minimum absolute atomic E-state index is 0.0320. The van der Waals surface area contributed by atoms with Crippen molar-refractivity contribution >= 4 is 35.4 Å². The summed E-state index contributed by atoms with van der Waals surface area (Å²) in [6, 6.07) is 0.432. The van der Waals surface area contributed by atoms with Crippen LogP contribution in [0.3, 0.4) is 0 Å². The molecule has 10 aliphatic rings. The molecule has 8 fully saturated rings. The van der Waals surface area contributed by atoms with Gasteiger partial charge in [-0.2, -0.15) is 18.7 Å². The van der Waals surface area contributed by atoms with Crippen LogP contribution in [0.25, 0.3) is 0 Å². The Labute approximate surface area is 315 Å². The van der Waals surface area contributed by atoms with Crippen LogP contribution in [0.1, 0.15) is 106 Å². The summed E-state index contributed by atoms with van der Waals surface area (Å²) in [5.74, 6) is 1.55. The van der Waals surface area contributed by atoms with E-state index in [0.717, 1.165) is 69.2 Å². The van der Waals surface area contributed by atoms with Crippen molar-refractivity contribution in [1.29, 1.82) is 0 Å². The van der Waals surface area contributed by atoms with E-state index in [1.54, 1.807) is 0 Å². The molecule has 4 aliphatic carbocycles. The summed E-state index contributed by atoms with van der Waals surface area (Å²) < 4.78 is 30.9. The molecule has 14 heteroatoms. The van der Waals surface area contributed by atoms with Crippen LogP contribution in [0.2, 0.25) is 0 Å². The van der Waals surface area contributed by atoms with Gasteiger partial charge in [0.2, 0.25) is 17.8 Å². The number of amides is 1. The Morgan fingerprint density at radius 3 is 2.04 bits per heavy atom. The fourth-order valence-electron chi connectivity index (χ4n) is 12.1. The van der Waals surface area contributed by atoms with Crippen LogP contribution in [0.15, 0.2) is 0 Å². The zero-order chi connectivity index (χ0) is 37.4. The number of fused-ring (bicyclic) bond motifs is 6. The summed E-state index contributed by atoms with van der Waals surface area (Å²) in [5.41, 5.74) is 8.41. The lowest BCUT2D eigenvalue weighted by Crippen LogP contribution is -2.59. The van der Waals surface area contributed by atoms with E-state index in [0.29, 0.717) is 79.0 Å². The van der Waals surface area contributed by atoms with Crippen LogP contribution in [-0.4, -0.2) is 88.3 Å². The van der Waals surface area contributed by atoms with E-state index in [4.69, 9.17) is 20.7 Å². The predicted octanol–water partition coefficient (Wildman–Crippen LogP) is 4.90. The molecule has 1 amide bonds. The number of primary amides is 1. The maximum Gasteiger partial charge on any atom is 0.303 e. The third kappa shape index (κ3) is 5.30. The van der Waals surface area contributed by atoms with Crippen LogP contribution < -0.4 is 25.3 Å². The van der Waals surface area contributed by atoms with Crippen molar-refractivity contribution < 1.29 is 23.5 Å². The van der Waals surface area contributed by atoms with Gasteiger partial charge in [-0.1, -0.05) is 6.92 Å². The number of alkyl halides is 2. The standard InChI is InChI=1S/C40H53F2N9O3/c1-19-4-5-26(33-34(19)44-38(50-9-7-20(50)2)47-37(33)49-16-24-11-25(17-49)29(24)13-32(53)54)30-18-51(21(30)3)39-45-35-27(6-8-40(35,41)42)36(46-39)48-14-22-10-23(15-48)28(22)12-31(43)52/h19-26,28-30H,4-18H2,1-3H3,(H2,43,52)(H,53,54)/t19-,20-,21-,22-,23+,24-,25+,26?,28-,29+,30?/m0/s1. The average molecular weight is 746 g/mol. The molecule has 0 radical (unpaired) electrons. The molecular formula is C40H53F2N9O3. The number of carboxylic acid groups (broad SMARTS) is 1. The van der Waals surface area contributed by atoms with E-state index in [2.05, 4.69) is 45.4 Å². The second-order valence-corrected chi connectivity index (χ2v) is 18.4. The van der Waals surface area contributed by atoms with Gasteiger partial charge in [-0.15, -0.1) is 0 Å². The number of piperidine rings is 4. The minimum Gasteiger partial charge on any atom is -0.481 e. The van der Waals surface area contributed by atoms with Gasteiger partial charge in [0.1, 0.15) is 17.3 Å². The molecule has 6 saturated heterocycles. The summed E-state index contributed by atoms with van der Waals surface area (Å²) in [6.07, 6.45) is 5.93. The fraction of sp³-hybridized carbons (Fsp3) is 0.750. The molecule has 8 heterocycles. The molecule has 12 rings (SSSR count). The quantitative estimate of drug-likeness (QED) is 0.362. The van der Waals surface area contributed by atoms with Crippen molar-refractivity contribution in [3.63, 3.8) is 0 Å². The number of halogens is 2. The molecule has 2 saturated carbocycles. The first kappa shape index (κ1) is 34.6. The monoisotopic (exact) mass is 745 g/mol. The summed E-state index contributed by atoms with van der Waals surface area (Å²) in [5, 5.41) is 9.58. The highest BCUT2D eigenvalue weighted by Gasteiger charge is 2.53. The number of carbonyl (C=O) groups is 2. The number of hydrogen-bond acceptors (Lipinski definition) is 10. The molecule has 6 aliphatic heterocycles. The van der Waals surface area contributed by atoms with Crippen molar-refractivity contribution in [2.75, 3.05) is 58.9 Å². The van der Waals surface area contributed by atoms with Gasteiger partial charge in [-0.05, 0) is 99.7 Å². The largest absolute Gasteiger partial charge is 0.481 e. The van der Waals surface area contributed by atoms with Crippen molar-refractivity contribution in [1.82, 2.24) is 19.9 Å². The number of rotatable bonds is 9. The molecule has 0 spiro atoms. The second-order valence-electron chi connectivity index (χ2n) is 18.4. The van der Waals surface area contributed by atoms with E-state index in [9.17, 15) is 14.7 Å². The Morgan fingerprint density at radius 2 is 1.44 bits per heavy atom. The van der Waals surface area contributed by atoms with Gasteiger partial charge in [-0.25, -0.2) is 9.97 Å². The number of hydrogen-bond donors (Lipinski definition) is 2. The van der Waals surface area contributed by atoms with Gasteiger partial charge in [0, 0.05) is 87.7 Å². The molecule has 2 aromatic heterocycles. The number of aliphatic carboxylic acids is 1. The topological polar surface area (TPSA) is 145 Å². The van der Waals surface area contributed by atoms with Crippen LogP contribution in [0.5, 0.6) is 0 Å². The Kier molecular flexibility index (Phi) is 7.91. The van der Waals surface area contributed by atoms with Gasteiger partial charge in [0.15, 0.2) is 0 Å². The first-order valence-electron chi connectivity index (χ1n) is 20.6. The van der Waals surface area contributed by atoms with Crippen LogP contribution in [0, 0.1) is 41.4 Å². The van der Waals surface area contributed by atoms with Crippen molar-refractivity contribution in [3.05, 3.63) is 22.5 Å². The van der Waals surface area contributed by atoms with E-state index in [-0.39, 0.29) is 60.6 Å². The lowest BCUT2D eigenvalue weighted by Gasteiger charge is -2.55. The average Bonchev–Trinajstić information content (AvgIpc) is 3.45. The minimum atomic E-state index is -2.99. The second kappa shape index (κ2) is 12.3. The van der Waals surface area contributed by atoms with Gasteiger partial charge in [0.25, 0.3) is 5.92 Å². The fourth-order valence-corrected chi connectivity index (χ4v) is 12.1. The van der Waals surface area contributed by atoms with Gasteiger partial charge in [0.05, 0.1) is 5.69 Å². The number of nitrogens with two attached hydrogens (primary N) is 1. The number of aromatic nitrogens is 4. The van der Waals surface area contributed by atoms with Crippen LogP contribution in [-0.2, 0) is 21.9 Å². The molecule has 290 valence electrons. The number of carbonyl (C=O) groups excluding carboxylic acids is 1. The molecule has 12 nitrogen and oxygen atoms in total. The molecule has 4 bridgehead atoms. The number of carboxylic acids is 1. The smallest absolute Gasteiger partial charge is 0.303 e. The highest BCUT2D eigenvalue weighted by atomic mass is 19.3. The lowest BCUT2D eigenvalue weighted by atomic mass is 9.60. The normalized spacial score (nSPS) is 37.0. The molecule has 0 aromatic carbocycles. The van der Waals surface area contributed by atoms with Crippen molar-refractivity contribution in [2.45, 2.75) is 108 Å². The third-order valence-corrected chi connectivity index (χ3v) is 15.5. The van der Waals surface area contributed by atoms with Gasteiger partial charge >= 0.3 is 5.97 Å². The molecule has 54 heavy (non-hydrogen) atoms. The molecule has 3 N–H and O–H groups in total. The van der Waals surface area contributed by atoms with E-state index >= 15 is 8.78 Å². The highest BCUT2D eigenvalue weighted by molar-refractivity contribution is 5.74. The summed E-state index contributed by atoms with van der Waals surface area (Å²) in [4.78, 5) is 52.9. The zero-order valence-electron chi connectivity index (χ0n) is 31.6. The van der Waals surface area contributed by atoms with E-state index in [1.165, 1.54) is 5.56 Å². The molecule has 11 atom stereocenters. The Balaban J connectivity index is 0.953. The predicted molar refractivity (Wildman–Crippen MR) is 199 cm³/mol. The Bertz CT molecular complexity index is 1870. The third-order valence-electron chi connectivity index (χ3n) is 15.5. The highest BCUT2D eigenvalue weighted by Crippen LogP contribution is 2.55. The van der Waals surface area contributed by atoms with Crippen molar-refractivity contribution in [2.24, 2.45) is 47.2 Å². The SMILES string of the molecule is C[C@H]1CCC(C2CN(c3nc(N4C[C@H]5C[C@@H](C4)[C@@H]5CC(N)=O)c4c(n3)C(F)(F)CC4)[C@H]2C)c2c1nc(N1CC[C@@H]1C)nc2N1C[C@H]2C[C@@H](C1)[C@H]2CC(=O)O. The first-order valence-corrected chi connectivity index (χ1v) is 20.6. The summed E-state index contributed by atoms with van der Waals surface area (Å²) in [6.45, 7) is 11.4. The summed E-state index contributed by atoms with van der Waals surface area (Å²) in [7, 11) is 0. The Hall–Kier alpha value is -3.84. The maximum absolute atomic E-state index is 15.5. The van der Waals surface area contributed by atoms with E-state index in [1.807, 2.05) is 0 Å². The zero-order valence-corrected chi connectivity index (χ0v) is 31.6. The van der Waals surface area contributed by atoms with Gasteiger partial charge in [-0.3, -0.25) is 9.59 Å². The van der Waals surface area contributed by atoms with Crippen LogP contribution in [0.4, 0.5) is 32.3 Å². The van der Waals surface area contributed by atoms with Crippen molar-refractivity contribution in [3.8, 4) is 0 Å². The lowest BCUT2D eigenvalue weighted by molar-refractivity contribution is -0.141. The van der Waals surface area contributed by atoms with Gasteiger partial charge < -0.3 is 30.4 Å². The molecule has 2 unspecified atom stereocenters. The first-order chi connectivity index (χ1) is 25.8.